The molecule has 0 amide bonds. The maximum atomic E-state index is 11.3. The molecule has 0 saturated heterocycles. The van der Waals surface area contributed by atoms with E-state index in [0.717, 1.165) is 48.3 Å². The number of ether oxygens (including phenoxy) is 1. The van der Waals surface area contributed by atoms with Crippen molar-refractivity contribution in [2.45, 2.75) is 19.9 Å². The topological polar surface area (TPSA) is 77.9 Å². The van der Waals surface area contributed by atoms with Gasteiger partial charge in [-0.3, -0.25) is 4.90 Å². The van der Waals surface area contributed by atoms with Gasteiger partial charge >= 0.3 is 0 Å². The Morgan fingerprint density at radius 3 is 2.81 bits per heavy atom. The van der Waals surface area contributed by atoms with Gasteiger partial charge in [-0.1, -0.05) is 18.5 Å². The van der Waals surface area contributed by atoms with E-state index in [0.29, 0.717) is 16.2 Å². The van der Waals surface area contributed by atoms with Crippen LogP contribution in [0.1, 0.15) is 18.1 Å². The van der Waals surface area contributed by atoms with Crippen LogP contribution in [-0.4, -0.2) is 35.2 Å². The molecule has 7 heteroatoms. The fourth-order valence-electron chi connectivity index (χ4n) is 3.94. The Balaban J connectivity index is 2.07. The molecule has 140 valence electrons. The van der Waals surface area contributed by atoms with Gasteiger partial charge in [0.25, 0.3) is 0 Å². The molecule has 1 aliphatic heterocycles. The molecular weight excluding hydrogens is 366 g/mol. The van der Waals surface area contributed by atoms with E-state index in [-0.39, 0.29) is 11.6 Å². The lowest BCUT2D eigenvalue weighted by Crippen LogP contribution is -2.30. The summed E-state index contributed by atoms with van der Waals surface area (Å²) in [5.74, 6) is 0.505. The molecule has 0 fully saturated rings. The number of nitrogens with one attached hydrogen (secondary N) is 1. The minimum absolute atomic E-state index is 0.0312. The monoisotopic (exact) mass is 385 g/mol. The first-order valence-electron chi connectivity index (χ1n) is 8.86. The molecule has 2 aromatic carbocycles. The average Bonchev–Trinajstić information content (AvgIpc) is 3.02. The number of fused-ring (bicyclic) bond motifs is 3. The number of nitroso groups, excluding NO2 is 1. The number of hydrogen-bond donors (Lipinski definition) is 2. The Kier molecular flexibility index (Phi) is 4.53. The SMILES string of the molecule is CCN1CCc2c(-c3cc(Cl)ccc3OC)cc3c(N=O)c(O)[nH]c3c2C1. The zero-order valence-electron chi connectivity index (χ0n) is 15.2. The summed E-state index contributed by atoms with van der Waals surface area (Å²) in [5.41, 5.74) is 4.86. The van der Waals surface area contributed by atoms with Crippen LogP contribution in [0.25, 0.3) is 22.0 Å². The van der Waals surface area contributed by atoms with Gasteiger partial charge in [0.1, 0.15) is 5.75 Å². The maximum absolute atomic E-state index is 11.3. The molecule has 2 heterocycles. The van der Waals surface area contributed by atoms with Crippen LogP contribution in [-0.2, 0) is 13.0 Å². The van der Waals surface area contributed by atoms with E-state index in [1.54, 1.807) is 13.2 Å². The van der Waals surface area contributed by atoms with Gasteiger partial charge in [-0.25, -0.2) is 0 Å². The molecule has 3 aromatic rings. The van der Waals surface area contributed by atoms with Gasteiger partial charge in [0.2, 0.25) is 5.88 Å². The van der Waals surface area contributed by atoms with Crippen LogP contribution in [0.3, 0.4) is 0 Å². The van der Waals surface area contributed by atoms with E-state index in [4.69, 9.17) is 16.3 Å². The lowest BCUT2D eigenvalue weighted by molar-refractivity contribution is 0.269. The highest BCUT2D eigenvalue weighted by Crippen LogP contribution is 2.45. The molecule has 6 nitrogen and oxygen atoms in total. The third-order valence-corrected chi connectivity index (χ3v) is 5.56. The summed E-state index contributed by atoms with van der Waals surface area (Å²) in [5, 5.41) is 14.4. The second-order valence-corrected chi connectivity index (χ2v) is 7.12. The van der Waals surface area contributed by atoms with E-state index in [1.165, 1.54) is 5.56 Å². The Bertz CT molecular complexity index is 1040. The molecule has 1 aromatic heterocycles. The summed E-state index contributed by atoms with van der Waals surface area (Å²) >= 11 is 6.25. The number of hydrogen-bond acceptors (Lipinski definition) is 5. The number of H-pyrrole nitrogens is 1. The van der Waals surface area contributed by atoms with Crippen molar-refractivity contribution in [2.75, 3.05) is 20.2 Å². The number of aromatic nitrogens is 1. The zero-order valence-corrected chi connectivity index (χ0v) is 15.9. The van der Waals surface area contributed by atoms with Gasteiger partial charge in [0.15, 0.2) is 5.69 Å². The summed E-state index contributed by atoms with van der Waals surface area (Å²) in [6, 6.07) is 7.39. The first kappa shape index (κ1) is 17.8. The van der Waals surface area contributed by atoms with Crippen molar-refractivity contribution >= 4 is 28.2 Å². The van der Waals surface area contributed by atoms with Crippen molar-refractivity contribution in [1.82, 2.24) is 9.88 Å². The summed E-state index contributed by atoms with van der Waals surface area (Å²) in [7, 11) is 1.62. The molecule has 0 unspecified atom stereocenters. The Labute approximate surface area is 161 Å². The van der Waals surface area contributed by atoms with Crippen LogP contribution >= 0.6 is 11.6 Å². The number of methoxy groups -OCH3 is 1. The minimum atomic E-state index is -0.203. The largest absolute Gasteiger partial charge is 0.496 e. The van der Waals surface area contributed by atoms with Gasteiger partial charge in [0.05, 0.1) is 12.6 Å². The summed E-state index contributed by atoms with van der Waals surface area (Å²) < 4.78 is 5.55. The normalized spacial score (nSPS) is 14.3. The third-order valence-electron chi connectivity index (χ3n) is 5.32. The summed E-state index contributed by atoms with van der Waals surface area (Å²) in [6.07, 6.45) is 0.855. The number of rotatable bonds is 4. The average molecular weight is 386 g/mol. The molecule has 1 aliphatic rings. The first-order valence-corrected chi connectivity index (χ1v) is 9.24. The molecule has 4 rings (SSSR count). The Hall–Kier alpha value is -2.57. The fraction of sp³-hybridized carbons (Fsp3) is 0.300. The van der Waals surface area contributed by atoms with Crippen LogP contribution in [0.5, 0.6) is 11.6 Å². The number of aromatic hydroxyl groups is 1. The van der Waals surface area contributed by atoms with E-state index in [1.807, 2.05) is 18.2 Å². The zero-order chi connectivity index (χ0) is 19.1. The number of nitrogens with zero attached hydrogens (tertiary/aromatic N) is 2. The van der Waals surface area contributed by atoms with Crippen LogP contribution < -0.4 is 4.74 Å². The molecule has 2 N–H and O–H groups in total. The van der Waals surface area contributed by atoms with Crippen molar-refractivity contribution in [1.29, 1.82) is 0 Å². The van der Waals surface area contributed by atoms with Gasteiger partial charge in [0, 0.05) is 29.1 Å². The standard InChI is InChI=1S/C20H20ClN3O3/c1-3-24-7-6-12-13(14-8-11(21)4-5-17(14)27-2)9-15-18(16(12)10-24)22-20(25)19(15)23-26/h4-5,8-9,22,25H,3,6-7,10H2,1-2H3. The molecular formula is C20H20ClN3O3. The van der Waals surface area contributed by atoms with Crippen LogP contribution in [0.2, 0.25) is 5.02 Å². The van der Waals surface area contributed by atoms with E-state index < -0.39 is 0 Å². The number of benzene rings is 2. The van der Waals surface area contributed by atoms with E-state index in [9.17, 15) is 10.0 Å². The predicted octanol–water partition coefficient (Wildman–Crippen LogP) is 4.98. The van der Waals surface area contributed by atoms with Gasteiger partial charge in [-0.2, -0.15) is 0 Å². The van der Waals surface area contributed by atoms with Gasteiger partial charge in [-0.15, -0.1) is 4.91 Å². The third kappa shape index (κ3) is 2.85. The quantitative estimate of drug-likeness (QED) is 0.621. The molecule has 0 atom stereocenters. The summed E-state index contributed by atoms with van der Waals surface area (Å²) in [6.45, 7) is 4.72. The van der Waals surface area contributed by atoms with Crippen LogP contribution in [0, 0.1) is 4.91 Å². The Morgan fingerprint density at radius 1 is 1.30 bits per heavy atom. The van der Waals surface area contributed by atoms with E-state index in [2.05, 4.69) is 22.0 Å². The van der Waals surface area contributed by atoms with Crippen molar-refractivity contribution in [3.63, 3.8) is 0 Å². The van der Waals surface area contributed by atoms with E-state index >= 15 is 0 Å². The minimum Gasteiger partial charge on any atom is -0.496 e. The van der Waals surface area contributed by atoms with Crippen molar-refractivity contribution < 1.29 is 9.84 Å². The molecule has 0 bridgehead atoms. The van der Waals surface area contributed by atoms with Crippen molar-refractivity contribution in [3.8, 4) is 22.8 Å². The molecule has 0 saturated carbocycles. The van der Waals surface area contributed by atoms with Gasteiger partial charge < -0.3 is 14.8 Å². The van der Waals surface area contributed by atoms with Crippen molar-refractivity contribution in [3.05, 3.63) is 45.3 Å². The maximum Gasteiger partial charge on any atom is 0.219 e. The number of likely N-dealkylation sites (N-methyl/N-ethyl adjacent to an activating group) is 1. The fourth-order valence-corrected chi connectivity index (χ4v) is 4.11. The van der Waals surface area contributed by atoms with Crippen LogP contribution in [0.15, 0.2) is 29.4 Å². The van der Waals surface area contributed by atoms with Crippen molar-refractivity contribution in [2.24, 2.45) is 5.18 Å². The second-order valence-electron chi connectivity index (χ2n) is 6.68. The number of halogens is 1. The highest BCUT2D eigenvalue weighted by molar-refractivity contribution is 6.31. The lowest BCUT2D eigenvalue weighted by Gasteiger charge is -2.30. The predicted molar refractivity (Wildman–Crippen MR) is 107 cm³/mol. The van der Waals surface area contributed by atoms with Gasteiger partial charge in [-0.05, 0) is 59.1 Å². The number of aromatic amines is 1. The molecule has 27 heavy (non-hydrogen) atoms. The highest BCUT2D eigenvalue weighted by atomic mass is 35.5. The van der Waals surface area contributed by atoms with Crippen LogP contribution in [0.4, 0.5) is 5.69 Å². The Morgan fingerprint density at radius 2 is 2.11 bits per heavy atom. The highest BCUT2D eigenvalue weighted by Gasteiger charge is 2.26. The lowest BCUT2D eigenvalue weighted by atomic mass is 9.88. The first-order chi connectivity index (χ1) is 13.1. The molecule has 0 radical (unpaired) electrons. The smallest absolute Gasteiger partial charge is 0.219 e. The second kappa shape index (κ2) is 6.87. The summed E-state index contributed by atoms with van der Waals surface area (Å²) in [4.78, 5) is 16.6. The molecule has 0 aliphatic carbocycles. The molecule has 0 spiro atoms.